The number of hydrogen-bond acceptors (Lipinski definition) is 3. The van der Waals surface area contributed by atoms with Crippen molar-refractivity contribution in [1.29, 1.82) is 0 Å². The van der Waals surface area contributed by atoms with Crippen LogP contribution in [0.4, 0.5) is 11.4 Å². The number of para-hydroxylation sites is 1. The molecule has 2 aromatic rings. The second kappa shape index (κ2) is 8.76. The lowest BCUT2D eigenvalue weighted by molar-refractivity contribution is -0.117. The van der Waals surface area contributed by atoms with Crippen LogP contribution in [0.1, 0.15) is 31.4 Å². The summed E-state index contributed by atoms with van der Waals surface area (Å²) in [7, 11) is -3.68. The van der Waals surface area contributed by atoms with Crippen molar-refractivity contribution in [2.75, 3.05) is 15.9 Å². The highest BCUT2D eigenvalue weighted by atomic mass is 35.5. The SMILES string of the molecule is CCc1cccc(C)c1NC(=O)C(CC)N(c1ccc(Cl)cc1)S(C)(=O)=O. The Kier molecular flexibility index (Phi) is 6.89. The van der Waals surface area contributed by atoms with Crippen molar-refractivity contribution < 1.29 is 13.2 Å². The number of nitrogens with one attached hydrogen (secondary N) is 1. The van der Waals surface area contributed by atoms with E-state index in [-0.39, 0.29) is 5.91 Å². The summed E-state index contributed by atoms with van der Waals surface area (Å²) >= 11 is 5.92. The van der Waals surface area contributed by atoms with Gasteiger partial charge in [-0.2, -0.15) is 0 Å². The van der Waals surface area contributed by atoms with Crippen molar-refractivity contribution >= 4 is 38.9 Å². The summed E-state index contributed by atoms with van der Waals surface area (Å²) < 4.78 is 26.1. The van der Waals surface area contributed by atoms with E-state index < -0.39 is 16.1 Å². The summed E-state index contributed by atoms with van der Waals surface area (Å²) in [5.74, 6) is -0.359. The summed E-state index contributed by atoms with van der Waals surface area (Å²) in [5, 5.41) is 3.44. The van der Waals surface area contributed by atoms with Gasteiger partial charge in [-0.1, -0.05) is 43.6 Å². The van der Waals surface area contributed by atoms with E-state index in [9.17, 15) is 13.2 Å². The number of nitrogens with zero attached hydrogens (tertiary/aromatic N) is 1. The van der Waals surface area contributed by atoms with Crippen LogP contribution in [0.25, 0.3) is 0 Å². The lowest BCUT2D eigenvalue weighted by Crippen LogP contribution is -2.47. The average Bonchev–Trinajstić information content (AvgIpc) is 2.61. The van der Waals surface area contributed by atoms with Crippen LogP contribution in [-0.4, -0.2) is 26.6 Å². The Hall–Kier alpha value is -2.05. The minimum atomic E-state index is -3.68. The highest BCUT2D eigenvalue weighted by Crippen LogP contribution is 2.26. The molecule has 1 amide bonds. The normalized spacial score (nSPS) is 12.5. The number of amides is 1. The molecule has 0 heterocycles. The first-order valence-corrected chi connectivity index (χ1v) is 11.1. The van der Waals surface area contributed by atoms with E-state index in [2.05, 4.69) is 5.32 Å². The van der Waals surface area contributed by atoms with Crippen molar-refractivity contribution in [2.24, 2.45) is 0 Å². The minimum Gasteiger partial charge on any atom is -0.324 e. The molecule has 27 heavy (non-hydrogen) atoms. The summed E-state index contributed by atoms with van der Waals surface area (Å²) in [6.07, 6.45) is 2.19. The highest BCUT2D eigenvalue weighted by molar-refractivity contribution is 7.92. The molecule has 1 N–H and O–H groups in total. The first kappa shape index (κ1) is 21.3. The summed E-state index contributed by atoms with van der Waals surface area (Å²) in [4.78, 5) is 13.0. The van der Waals surface area contributed by atoms with Gasteiger partial charge < -0.3 is 5.32 Å². The fraction of sp³-hybridized carbons (Fsp3) is 0.350. The molecule has 2 aromatic carbocycles. The summed E-state index contributed by atoms with van der Waals surface area (Å²) in [5.41, 5.74) is 3.10. The summed E-state index contributed by atoms with van der Waals surface area (Å²) in [6, 6.07) is 11.4. The number of halogens is 1. The highest BCUT2D eigenvalue weighted by Gasteiger charge is 2.32. The van der Waals surface area contributed by atoms with Crippen molar-refractivity contribution in [3.8, 4) is 0 Å². The maximum atomic E-state index is 13.0. The van der Waals surface area contributed by atoms with Gasteiger partial charge >= 0.3 is 0 Å². The molecule has 0 spiro atoms. The first-order valence-electron chi connectivity index (χ1n) is 8.83. The van der Waals surface area contributed by atoms with E-state index in [0.717, 1.165) is 33.8 Å². The van der Waals surface area contributed by atoms with E-state index in [4.69, 9.17) is 11.6 Å². The van der Waals surface area contributed by atoms with Crippen LogP contribution < -0.4 is 9.62 Å². The molecule has 0 aromatic heterocycles. The Labute approximate surface area is 166 Å². The molecule has 0 radical (unpaired) electrons. The molecule has 0 aliphatic carbocycles. The molecule has 146 valence electrons. The van der Waals surface area contributed by atoms with Gasteiger partial charge in [-0.15, -0.1) is 0 Å². The van der Waals surface area contributed by atoms with Gasteiger partial charge in [0, 0.05) is 10.7 Å². The zero-order valence-corrected chi connectivity index (χ0v) is 17.6. The average molecular weight is 409 g/mol. The van der Waals surface area contributed by atoms with Gasteiger partial charge in [0.25, 0.3) is 0 Å². The molecule has 0 fully saturated rings. The van der Waals surface area contributed by atoms with Crippen LogP contribution in [0.15, 0.2) is 42.5 Å². The number of anilines is 2. The number of sulfonamides is 1. The van der Waals surface area contributed by atoms with E-state index in [1.165, 1.54) is 0 Å². The Morgan fingerprint density at radius 2 is 1.78 bits per heavy atom. The van der Waals surface area contributed by atoms with Gasteiger partial charge in [-0.05, 0) is 55.2 Å². The fourth-order valence-electron chi connectivity index (χ4n) is 3.06. The first-order chi connectivity index (χ1) is 12.7. The van der Waals surface area contributed by atoms with Crippen molar-refractivity contribution in [2.45, 2.75) is 39.7 Å². The van der Waals surface area contributed by atoms with Crippen LogP contribution in [0, 0.1) is 6.92 Å². The lowest BCUT2D eigenvalue weighted by Gasteiger charge is -2.30. The van der Waals surface area contributed by atoms with Gasteiger partial charge in [0.1, 0.15) is 6.04 Å². The zero-order chi connectivity index (χ0) is 20.2. The van der Waals surface area contributed by atoms with Gasteiger partial charge in [0.05, 0.1) is 11.9 Å². The van der Waals surface area contributed by atoms with Crippen LogP contribution in [0.5, 0.6) is 0 Å². The van der Waals surface area contributed by atoms with Gasteiger partial charge in [0.2, 0.25) is 15.9 Å². The number of aryl methyl sites for hydroxylation is 2. The predicted octanol–water partition coefficient (Wildman–Crippen LogP) is 4.39. The van der Waals surface area contributed by atoms with Crippen molar-refractivity contribution in [1.82, 2.24) is 0 Å². The fourth-order valence-corrected chi connectivity index (χ4v) is 4.39. The second-order valence-electron chi connectivity index (χ2n) is 6.41. The van der Waals surface area contributed by atoms with Gasteiger partial charge in [-0.25, -0.2) is 8.42 Å². The number of carbonyl (C=O) groups is 1. The van der Waals surface area contributed by atoms with Crippen LogP contribution in [0.3, 0.4) is 0 Å². The Bertz CT molecular complexity index is 911. The number of rotatable bonds is 7. The van der Waals surface area contributed by atoms with Crippen LogP contribution in [0.2, 0.25) is 5.02 Å². The second-order valence-corrected chi connectivity index (χ2v) is 8.71. The van der Waals surface area contributed by atoms with Crippen LogP contribution >= 0.6 is 11.6 Å². The van der Waals surface area contributed by atoms with Crippen molar-refractivity contribution in [3.63, 3.8) is 0 Å². The minimum absolute atomic E-state index is 0.328. The maximum Gasteiger partial charge on any atom is 0.248 e. The molecule has 7 heteroatoms. The molecule has 2 rings (SSSR count). The van der Waals surface area contributed by atoms with Crippen LogP contribution in [-0.2, 0) is 21.2 Å². The monoisotopic (exact) mass is 408 g/mol. The third-order valence-corrected chi connectivity index (χ3v) is 5.83. The largest absolute Gasteiger partial charge is 0.324 e. The van der Waals surface area contributed by atoms with E-state index in [0.29, 0.717) is 17.1 Å². The quantitative estimate of drug-likeness (QED) is 0.738. The van der Waals surface area contributed by atoms with Gasteiger partial charge in [0.15, 0.2) is 0 Å². The molecule has 0 saturated heterocycles. The Balaban J connectivity index is 2.43. The van der Waals surface area contributed by atoms with Crippen molar-refractivity contribution in [3.05, 3.63) is 58.6 Å². The molecule has 0 bridgehead atoms. The molecule has 1 unspecified atom stereocenters. The Morgan fingerprint density at radius 1 is 1.15 bits per heavy atom. The molecule has 0 aliphatic rings. The predicted molar refractivity (Wildman–Crippen MR) is 112 cm³/mol. The smallest absolute Gasteiger partial charge is 0.248 e. The lowest BCUT2D eigenvalue weighted by atomic mass is 10.0. The molecule has 0 aliphatic heterocycles. The summed E-state index contributed by atoms with van der Waals surface area (Å²) in [6.45, 7) is 5.72. The standard InChI is InChI=1S/C20H25ClN2O3S/c1-5-15-9-7-8-14(3)19(15)22-20(24)18(6-2)23(27(4,25)26)17-12-10-16(21)11-13-17/h7-13,18H,5-6H2,1-4H3,(H,22,24). The zero-order valence-electron chi connectivity index (χ0n) is 16.0. The molecule has 1 atom stereocenters. The topological polar surface area (TPSA) is 66.5 Å². The van der Waals surface area contributed by atoms with E-state index in [1.54, 1.807) is 31.2 Å². The third-order valence-electron chi connectivity index (χ3n) is 4.40. The molecular formula is C20H25ClN2O3S. The van der Waals surface area contributed by atoms with E-state index in [1.807, 2.05) is 32.0 Å². The molecular weight excluding hydrogens is 384 g/mol. The molecule has 0 saturated carbocycles. The maximum absolute atomic E-state index is 13.0. The number of hydrogen-bond donors (Lipinski definition) is 1. The third kappa shape index (κ3) is 5.02. The number of benzene rings is 2. The van der Waals surface area contributed by atoms with E-state index >= 15 is 0 Å². The molecule has 5 nitrogen and oxygen atoms in total. The number of carbonyl (C=O) groups excluding carboxylic acids is 1. The Morgan fingerprint density at radius 3 is 2.30 bits per heavy atom. The van der Waals surface area contributed by atoms with Gasteiger partial charge in [-0.3, -0.25) is 9.10 Å².